The SMILES string of the molecule is COc1cc(/C=C2\C(=O)NC(=O)N(c3ccc(C)c(Cl)c3)C2=O)cc(Br)c1OS(=O)(=O)c1ccc(Cl)cc1. The van der Waals surface area contributed by atoms with Crippen LogP contribution in [0.25, 0.3) is 6.08 Å². The van der Waals surface area contributed by atoms with Gasteiger partial charge >= 0.3 is 16.1 Å². The molecule has 4 rings (SSSR count). The summed E-state index contributed by atoms with van der Waals surface area (Å²) in [6.07, 6.45) is 1.23. The van der Waals surface area contributed by atoms with E-state index in [-0.39, 0.29) is 37.7 Å². The van der Waals surface area contributed by atoms with Crippen molar-refractivity contribution in [3.63, 3.8) is 0 Å². The van der Waals surface area contributed by atoms with E-state index in [1.165, 1.54) is 61.7 Å². The van der Waals surface area contributed by atoms with Crippen LogP contribution in [-0.2, 0) is 19.7 Å². The Hall–Kier alpha value is -3.38. The number of methoxy groups -OCH3 is 1. The molecule has 9 nitrogen and oxygen atoms in total. The van der Waals surface area contributed by atoms with Gasteiger partial charge in [0.25, 0.3) is 11.8 Å². The van der Waals surface area contributed by atoms with Crippen LogP contribution in [0.15, 0.2) is 69.5 Å². The molecular weight excluding hydrogens is 623 g/mol. The molecule has 0 bridgehead atoms. The highest BCUT2D eigenvalue weighted by Gasteiger charge is 2.37. The number of benzene rings is 3. The van der Waals surface area contributed by atoms with Gasteiger partial charge in [0.15, 0.2) is 11.5 Å². The highest BCUT2D eigenvalue weighted by atomic mass is 79.9. The van der Waals surface area contributed by atoms with E-state index < -0.39 is 28.0 Å². The zero-order chi connectivity index (χ0) is 27.8. The highest BCUT2D eigenvalue weighted by Crippen LogP contribution is 2.39. The van der Waals surface area contributed by atoms with Gasteiger partial charge in [0.05, 0.1) is 17.3 Å². The summed E-state index contributed by atoms with van der Waals surface area (Å²) in [5.74, 6) is -1.95. The predicted molar refractivity (Wildman–Crippen MR) is 145 cm³/mol. The molecule has 3 aromatic rings. The van der Waals surface area contributed by atoms with Crippen LogP contribution in [-0.4, -0.2) is 33.4 Å². The molecular formula is C25H17BrCl2N2O7S. The third-order valence-corrected chi connectivity index (χ3v) is 7.86. The summed E-state index contributed by atoms with van der Waals surface area (Å²) in [6, 6.07) is 11.9. The third kappa shape index (κ3) is 5.56. The Balaban J connectivity index is 1.70. The largest absolute Gasteiger partial charge is 0.493 e. The summed E-state index contributed by atoms with van der Waals surface area (Å²) in [4.78, 5) is 38.9. The van der Waals surface area contributed by atoms with Gasteiger partial charge in [-0.1, -0.05) is 29.3 Å². The van der Waals surface area contributed by atoms with Gasteiger partial charge in [0, 0.05) is 10.0 Å². The molecule has 0 aromatic heterocycles. The van der Waals surface area contributed by atoms with Crippen LogP contribution in [0.3, 0.4) is 0 Å². The van der Waals surface area contributed by atoms with Crippen LogP contribution >= 0.6 is 39.1 Å². The Morgan fingerprint density at radius 1 is 1.00 bits per heavy atom. The molecule has 0 unspecified atom stereocenters. The van der Waals surface area contributed by atoms with E-state index in [0.29, 0.717) is 10.0 Å². The van der Waals surface area contributed by atoms with E-state index in [1.54, 1.807) is 13.0 Å². The minimum absolute atomic E-state index is 0.00863. The van der Waals surface area contributed by atoms with Crippen LogP contribution in [0.1, 0.15) is 11.1 Å². The zero-order valence-electron chi connectivity index (χ0n) is 19.6. The van der Waals surface area contributed by atoms with Gasteiger partial charge in [0.1, 0.15) is 10.5 Å². The molecule has 13 heteroatoms. The third-order valence-electron chi connectivity index (χ3n) is 5.37. The van der Waals surface area contributed by atoms with Crippen molar-refractivity contribution in [1.82, 2.24) is 5.32 Å². The predicted octanol–water partition coefficient (Wildman–Crippen LogP) is 5.51. The number of carbonyl (C=O) groups excluding carboxylic acids is 3. The molecule has 0 atom stereocenters. The van der Waals surface area contributed by atoms with E-state index in [0.717, 1.165) is 10.5 Å². The van der Waals surface area contributed by atoms with Gasteiger partial charge in [0.2, 0.25) is 0 Å². The standard InChI is InChI=1S/C25H17BrCl2N2O7S/c1-13-3-6-16(12-20(13)28)30-24(32)18(23(31)29-25(30)33)9-14-10-19(26)22(21(11-14)36-2)37-38(34,35)17-7-4-15(27)5-8-17/h3-12H,1-2H3,(H,29,31,33)/b18-9+. The van der Waals surface area contributed by atoms with Crippen molar-refractivity contribution in [2.24, 2.45) is 0 Å². The first-order chi connectivity index (χ1) is 17.9. The number of amides is 4. The number of imide groups is 2. The second-order valence-corrected chi connectivity index (χ2v) is 11.2. The van der Waals surface area contributed by atoms with Crippen LogP contribution in [0.4, 0.5) is 10.5 Å². The summed E-state index contributed by atoms with van der Waals surface area (Å²) < 4.78 is 36.3. The van der Waals surface area contributed by atoms with E-state index >= 15 is 0 Å². The maximum Gasteiger partial charge on any atom is 0.339 e. The van der Waals surface area contributed by atoms with Crippen molar-refractivity contribution in [2.75, 3.05) is 12.0 Å². The smallest absolute Gasteiger partial charge is 0.339 e. The van der Waals surface area contributed by atoms with Crippen molar-refractivity contribution in [3.8, 4) is 11.5 Å². The van der Waals surface area contributed by atoms with Crippen LogP contribution in [0.2, 0.25) is 10.0 Å². The van der Waals surface area contributed by atoms with Crippen LogP contribution in [0.5, 0.6) is 11.5 Å². The van der Waals surface area contributed by atoms with E-state index in [1.807, 2.05) is 0 Å². The first-order valence-corrected chi connectivity index (χ1v) is 13.6. The van der Waals surface area contributed by atoms with Crippen molar-refractivity contribution in [3.05, 3.63) is 85.8 Å². The molecule has 4 amide bonds. The lowest BCUT2D eigenvalue weighted by Gasteiger charge is -2.26. The quantitative estimate of drug-likeness (QED) is 0.215. The Kier molecular flexibility index (Phi) is 7.84. The van der Waals surface area contributed by atoms with Gasteiger partial charge < -0.3 is 8.92 Å². The summed E-state index contributed by atoms with van der Waals surface area (Å²) in [6.45, 7) is 1.76. The molecule has 0 radical (unpaired) electrons. The normalized spacial score (nSPS) is 15.0. The monoisotopic (exact) mass is 638 g/mol. The van der Waals surface area contributed by atoms with Gasteiger partial charge in [-0.25, -0.2) is 9.69 Å². The lowest BCUT2D eigenvalue weighted by atomic mass is 10.1. The molecule has 1 heterocycles. The molecule has 0 spiro atoms. The molecule has 1 fully saturated rings. The fraction of sp³-hybridized carbons (Fsp3) is 0.0800. The number of aryl methyl sites for hydroxylation is 1. The number of rotatable bonds is 6. The van der Waals surface area contributed by atoms with Gasteiger partial charge in [-0.15, -0.1) is 0 Å². The molecule has 0 aliphatic carbocycles. The molecule has 0 saturated carbocycles. The number of anilines is 1. The number of hydrogen-bond donors (Lipinski definition) is 1. The molecule has 38 heavy (non-hydrogen) atoms. The second kappa shape index (κ2) is 10.8. The maximum atomic E-state index is 13.2. The van der Waals surface area contributed by atoms with Gasteiger partial charge in [-0.2, -0.15) is 8.42 Å². The number of urea groups is 1. The maximum absolute atomic E-state index is 13.2. The van der Waals surface area contributed by atoms with Crippen molar-refractivity contribution < 1.29 is 31.7 Å². The number of nitrogens with zero attached hydrogens (tertiary/aromatic N) is 1. The van der Waals surface area contributed by atoms with Gasteiger partial charge in [-0.3, -0.25) is 14.9 Å². The first-order valence-electron chi connectivity index (χ1n) is 10.7. The number of nitrogens with one attached hydrogen (secondary N) is 1. The Labute approximate surface area is 236 Å². The average Bonchev–Trinajstić information content (AvgIpc) is 2.85. The highest BCUT2D eigenvalue weighted by molar-refractivity contribution is 9.10. The summed E-state index contributed by atoms with van der Waals surface area (Å²) in [5.41, 5.74) is 0.846. The number of hydrogen-bond acceptors (Lipinski definition) is 7. The molecule has 3 aromatic carbocycles. The Morgan fingerprint density at radius 3 is 2.32 bits per heavy atom. The van der Waals surface area contributed by atoms with Crippen molar-refractivity contribution in [2.45, 2.75) is 11.8 Å². The number of halogens is 3. The second-order valence-electron chi connectivity index (χ2n) is 7.92. The minimum atomic E-state index is -4.25. The van der Waals surface area contributed by atoms with Crippen LogP contribution < -0.4 is 19.1 Å². The fourth-order valence-electron chi connectivity index (χ4n) is 3.44. The van der Waals surface area contributed by atoms with Crippen molar-refractivity contribution in [1.29, 1.82) is 0 Å². The fourth-order valence-corrected chi connectivity index (χ4v) is 5.35. The number of barbiturate groups is 1. The summed E-state index contributed by atoms with van der Waals surface area (Å²) in [7, 11) is -2.96. The lowest BCUT2D eigenvalue weighted by molar-refractivity contribution is -0.122. The van der Waals surface area contributed by atoms with Gasteiger partial charge in [-0.05, 0) is 88.6 Å². The summed E-state index contributed by atoms with van der Waals surface area (Å²) in [5, 5.41) is 2.82. The molecule has 1 saturated heterocycles. The minimum Gasteiger partial charge on any atom is -0.493 e. The number of carbonyl (C=O) groups is 3. The molecule has 1 aliphatic rings. The molecule has 196 valence electrons. The Morgan fingerprint density at radius 2 is 1.68 bits per heavy atom. The lowest BCUT2D eigenvalue weighted by Crippen LogP contribution is -2.54. The first kappa shape index (κ1) is 27.6. The van der Waals surface area contributed by atoms with Crippen molar-refractivity contribution >= 4 is 78.9 Å². The zero-order valence-corrected chi connectivity index (χ0v) is 23.5. The Bertz CT molecular complexity index is 1620. The number of ether oxygens (including phenoxy) is 1. The van der Waals surface area contributed by atoms with E-state index in [2.05, 4.69) is 21.2 Å². The molecule has 1 N–H and O–H groups in total. The molecule has 1 aliphatic heterocycles. The topological polar surface area (TPSA) is 119 Å². The summed E-state index contributed by atoms with van der Waals surface area (Å²) >= 11 is 15.2. The van der Waals surface area contributed by atoms with Crippen LogP contribution in [0, 0.1) is 6.92 Å². The average molecular weight is 640 g/mol. The van der Waals surface area contributed by atoms with E-state index in [9.17, 15) is 22.8 Å². The van der Waals surface area contributed by atoms with E-state index in [4.69, 9.17) is 32.1 Å².